The van der Waals surface area contributed by atoms with E-state index < -0.39 is 11.6 Å². The van der Waals surface area contributed by atoms with Gasteiger partial charge in [-0.1, -0.05) is 13.8 Å². The number of rotatable bonds is 3. The molecule has 0 saturated carbocycles. The maximum Gasteiger partial charge on any atom is 0.322 e. The SMILES string of the molecule is CC(C)CCC(=O)N1CCCC2(C1)NC(=O)NC2=O. The number of urea groups is 1. The maximum atomic E-state index is 12.1. The third-order valence-electron chi connectivity index (χ3n) is 3.80. The van der Waals surface area contributed by atoms with E-state index in [4.69, 9.17) is 0 Å². The summed E-state index contributed by atoms with van der Waals surface area (Å²) in [5, 5.41) is 4.94. The Morgan fingerprint density at radius 2 is 2.16 bits per heavy atom. The molecule has 2 aliphatic heterocycles. The van der Waals surface area contributed by atoms with Crippen molar-refractivity contribution in [1.29, 1.82) is 0 Å². The lowest BCUT2D eigenvalue weighted by Gasteiger charge is -2.38. The Kier molecular flexibility index (Phi) is 3.78. The lowest BCUT2D eigenvalue weighted by atomic mass is 9.89. The minimum absolute atomic E-state index is 0.0710. The van der Waals surface area contributed by atoms with E-state index in [1.165, 1.54) is 0 Å². The van der Waals surface area contributed by atoms with Gasteiger partial charge in [-0.3, -0.25) is 14.9 Å². The Hall–Kier alpha value is -1.59. The Balaban J connectivity index is 1.99. The fourth-order valence-corrected chi connectivity index (χ4v) is 2.65. The Morgan fingerprint density at radius 1 is 1.42 bits per heavy atom. The number of carbonyl (C=O) groups excluding carboxylic acids is 3. The summed E-state index contributed by atoms with van der Waals surface area (Å²) >= 11 is 0. The normalized spacial score (nSPS) is 26.8. The third-order valence-corrected chi connectivity index (χ3v) is 3.80. The lowest BCUT2D eigenvalue weighted by molar-refractivity contribution is -0.136. The van der Waals surface area contributed by atoms with Gasteiger partial charge in [-0.2, -0.15) is 0 Å². The molecule has 106 valence electrons. The van der Waals surface area contributed by atoms with Crippen molar-refractivity contribution in [3.63, 3.8) is 0 Å². The van der Waals surface area contributed by atoms with Crippen LogP contribution >= 0.6 is 0 Å². The van der Waals surface area contributed by atoms with E-state index in [1.807, 2.05) is 0 Å². The number of nitrogens with zero attached hydrogens (tertiary/aromatic N) is 1. The molecule has 0 radical (unpaired) electrons. The van der Waals surface area contributed by atoms with Gasteiger partial charge in [-0.15, -0.1) is 0 Å². The molecule has 19 heavy (non-hydrogen) atoms. The molecule has 4 amide bonds. The maximum absolute atomic E-state index is 12.1. The first kappa shape index (κ1) is 13.8. The third kappa shape index (κ3) is 2.88. The summed E-state index contributed by atoms with van der Waals surface area (Å²) < 4.78 is 0. The molecule has 1 spiro atoms. The quantitative estimate of drug-likeness (QED) is 0.736. The first-order valence-electron chi connectivity index (χ1n) is 6.84. The second kappa shape index (κ2) is 5.19. The molecule has 2 rings (SSSR count). The summed E-state index contributed by atoms with van der Waals surface area (Å²) in [6.07, 6.45) is 2.68. The topological polar surface area (TPSA) is 78.5 Å². The van der Waals surface area contributed by atoms with Gasteiger partial charge in [0.2, 0.25) is 5.91 Å². The highest BCUT2D eigenvalue weighted by atomic mass is 16.2. The van der Waals surface area contributed by atoms with E-state index in [9.17, 15) is 14.4 Å². The zero-order chi connectivity index (χ0) is 14.0. The molecule has 2 saturated heterocycles. The number of hydrogen-bond acceptors (Lipinski definition) is 3. The van der Waals surface area contributed by atoms with Crippen LogP contribution in [0, 0.1) is 5.92 Å². The lowest BCUT2D eigenvalue weighted by Crippen LogP contribution is -2.59. The molecular weight excluding hydrogens is 246 g/mol. The number of nitrogens with one attached hydrogen (secondary N) is 2. The number of likely N-dealkylation sites (tertiary alicyclic amines) is 1. The van der Waals surface area contributed by atoms with Crippen LogP contribution in [0.15, 0.2) is 0 Å². The van der Waals surface area contributed by atoms with Crippen molar-refractivity contribution < 1.29 is 14.4 Å². The number of imide groups is 1. The van der Waals surface area contributed by atoms with Crippen molar-refractivity contribution in [3.05, 3.63) is 0 Å². The van der Waals surface area contributed by atoms with Gasteiger partial charge in [0.1, 0.15) is 5.54 Å². The highest BCUT2D eigenvalue weighted by molar-refractivity contribution is 6.07. The fraction of sp³-hybridized carbons (Fsp3) is 0.769. The van der Waals surface area contributed by atoms with Crippen LogP contribution in [0.2, 0.25) is 0 Å². The number of amides is 4. The molecule has 6 nitrogen and oxygen atoms in total. The van der Waals surface area contributed by atoms with Gasteiger partial charge in [0.15, 0.2) is 0 Å². The Labute approximate surface area is 112 Å². The number of hydrogen-bond donors (Lipinski definition) is 2. The predicted octanol–water partition coefficient (Wildman–Crippen LogP) is 0.623. The van der Waals surface area contributed by atoms with Crippen molar-refractivity contribution in [1.82, 2.24) is 15.5 Å². The second-order valence-corrected chi connectivity index (χ2v) is 5.84. The van der Waals surface area contributed by atoms with Crippen molar-refractivity contribution in [2.75, 3.05) is 13.1 Å². The highest BCUT2D eigenvalue weighted by Gasteiger charge is 2.49. The van der Waals surface area contributed by atoms with Crippen molar-refractivity contribution in [2.45, 2.75) is 45.1 Å². The Bertz CT molecular complexity index is 408. The highest BCUT2D eigenvalue weighted by Crippen LogP contribution is 2.25. The van der Waals surface area contributed by atoms with Gasteiger partial charge in [0, 0.05) is 13.0 Å². The molecule has 1 atom stereocenters. The molecule has 0 bridgehead atoms. The molecule has 2 N–H and O–H groups in total. The van der Waals surface area contributed by atoms with Gasteiger partial charge < -0.3 is 10.2 Å². The van der Waals surface area contributed by atoms with Crippen LogP contribution in [0.4, 0.5) is 4.79 Å². The molecular formula is C13H21N3O3. The fourth-order valence-electron chi connectivity index (χ4n) is 2.65. The van der Waals surface area contributed by atoms with E-state index in [-0.39, 0.29) is 11.8 Å². The van der Waals surface area contributed by atoms with E-state index in [0.717, 1.165) is 12.8 Å². The zero-order valence-corrected chi connectivity index (χ0v) is 11.5. The van der Waals surface area contributed by atoms with Crippen molar-refractivity contribution in [3.8, 4) is 0 Å². The van der Waals surface area contributed by atoms with E-state index in [0.29, 0.717) is 31.8 Å². The molecule has 0 aromatic rings. The molecule has 0 aromatic carbocycles. The summed E-state index contributed by atoms with van der Waals surface area (Å²) in [5.74, 6) is 0.248. The molecule has 0 aliphatic carbocycles. The van der Waals surface area contributed by atoms with Crippen LogP contribution in [0.3, 0.4) is 0 Å². The Morgan fingerprint density at radius 3 is 2.74 bits per heavy atom. The second-order valence-electron chi connectivity index (χ2n) is 5.84. The van der Waals surface area contributed by atoms with Crippen LogP contribution < -0.4 is 10.6 Å². The summed E-state index contributed by atoms with van der Waals surface area (Å²) in [5.41, 5.74) is -0.900. The summed E-state index contributed by atoms with van der Waals surface area (Å²) in [6, 6.07) is -0.457. The minimum Gasteiger partial charge on any atom is -0.340 e. The standard InChI is InChI=1S/C13H21N3O3/c1-9(2)4-5-10(17)16-7-3-6-13(8-16)11(18)14-12(19)15-13/h9H,3-8H2,1-2H3,(H2,14,15,18,19). The largest absolute Gasteiger partial charge is 0.340 e. The van der Waals surface area contributed by atoms with Gasteiger partial charge in [-0.05, 0) is 25.2 Å². The minimum atomic E-state index is -0.900. The predicted molar refractivity (Wildman–Crippen MR) is 69.3 cm³/mol. The number of carbonyl (C=O) groups is 3. The summed E-state index contributed by atoms with van der Waals surface area (Å²) in [7, 11) is 0. The first-order valence-corrected chi connectivity index (χ1v) is 6.84. The first-order chi connectivity index (χ1) is 8.93. The monoisotopic (exact) mass is 267 g/mol. The van der Waals surface area contributed by atoms with Gasteiger partial charge in [0.25, 0.3) is 5.91 Å². The molecule has 2 aliphatic rings. The van der Waals surface area contributed by atoms with E-state index >= 15 is 0 Å². The van der Waals surface area contributed by atoms with Crippen LogP contribution in [0.1, 0.15) is 39.5 Å². The zero-order valence-electron chi connectivity index (χ0n) is 11.5. The van der Waals surface area contributed by atoms with E-state index in [2.05, 4.69) is 24.5 Å². The van der Waals surface area contributed by atoms with Gasteiger partial charge >= 0.3 is 6.03 Å². The molecule has 2 heterocycles. The van der Waals surface area contributed by atoms with Crippen molar-refractivity contribution in [2.24, 2.45) is 5.92 Å². The number of piperidine rings is 1. The van der Waals surface area contributed by atoms with Crippen LogP contribution in [0.5, 0.6) is 0 Å². The average Bonchev–Trinajstić information content (AvgIpc) is 2.61. The average molecular weight is 267 g/mol. The molecule has 0 aromatic heterocycles. The van der Waals surface area contributed by atoms with Gasteiger partial charge in [0.05, 0.1) is 6.54 Å². The van der Waals surface area contributed by atoms with Crippen LogP contribution in [-0.2, 0) is 9.59 Å². The van der Waals surface area contributed by atoms with Crippen LogP contribution in [-0.4, -0.2) is 41.4 Å². The molecule has 2 fully saturated rings. The van der Waals surface area contributed by atoms with Gasteiger partial charge in [-0.25, -0.2) is 4.79 Å². The smallest absolute Gasteiger partial charge is 0.322 e. The molecule has 1 unspecified atom stereocenters. The molecule has 6 heteroatoms. The summed E-state index contributed by atoms with van der Waals surface area (Å²) in [6.45, 7) is 5.12. The van der Waals surface area contributed by atoms with E-state index in [1.54, 1.807) is 4.90 Å². The van der Waals surface area contributed by atoms with Crippen LogP contribution in [0.25, 0.3) is 0 Å². The van der Waals surface area contributed by atoms with Crippen molar-refractivity contribution >= 4 is 17.8 Å². The summed E-state index contributed by atoms with van der Waals surface area (Å²) in [4.78, 5) is 37.0.